The Kier molecular flexibility index (Phi) is 8.71. The molecule has 0 spiro atoms. The monoisotopic (exact) mass is 567 g/mol. The van der Waals surface area contributed by atoms with E-state index >= 15 is 0 Å². The highest BCUT2D eigenvalue weighted by Crippen LogP contribution is 2.44. The first-order valence-corrected chi connectivity index (χ1v) is 12.8. The molecule has 0 N–H and O–H groups in total. The third-order valence-corrected chi connectivity index (χ3v) is 6.87. The summed E-state index contributed by atoms with van der Waals surface area (Å²) in [7, 11) is 4.75. The van der Waals surface area contributed by atoms with E-state index in [2.05, 4.69) is 15.9 Å². The van der Waals surface area contributed by atoms with Gasteiger partial charge in [0, 0.05) is 23.0 Å². The average Bonchev–Trinajstić information content (AvgIpc) is 2.92. The van der Waals surface area contributed by atoms with Crippen molar-refractivity contribution in [2.75, 3.05) is 34.5 Å². The first kappa shape index (κ1) is 26.5. The van der Waals surface area contributed by atoms with Crippen LogP contribution in [0.1, 0.15) is 39.5 Å². The Morgan fingerprint density at radius 3 is 2.41 bits per heavy atom. The Labute approximate surface area is 225 Å². The van der Waals surface area contributed by atoms with Gasteiger partial charge in [-0.15, -0.1) is 0 Å². The quantitative estimate of drug-likeness (QED) is 0.287. The molecule has 0 fully saturated rings. The number of benzene rings is 3. The van der Waals surface area contributed by atoms with Crippen molar-refractivity contribution >= 4 is 27.6 Å². The molecule has 37 heavy (non-hydrogen) atoms. The number of fused-ring (bicyclic) bond motifs is 1. The molecule has 4 rings (SSSR count). The molecular formula is C29H30BrNO6. The highest BCUT2D eigenvalue weighted by Gasteiger charge is 2.28. The van der Waals surface area contributed by atoms with E-state index in [9.17, 15) is 4.79 Å². The maximum absolute atomic E-state index is 12.6. The minimum atomic E-state index is -0.433. The van der Waals surface area contributed by atoms with Gasteiger partial charge in [0.05, 0.1) is 33.6 Å². The van der Waals surface area contributed by atoms with E-state index in [1.165, 1.54) is 7.11 Å². The van der Waals surface area contributed by atoms with Gasteiger partial charge in [-0.1, -0.05) is 46.3 Å². The second kappa shape index (κ2) is 12.1. The second-order valence-electron chi connectivity index (χ2n) is 8.37. The predicted octanol–water partition coefficient (Wildman–Crippen LogP) is 5.82. The van der Waals surface area contributed by atoms with Crippen LogP contribution in [0.3, 0.4) is 0 Å². The highest BCUT2D eigenvalue weighted by atomic mass is 79.9. The Morgan fingerprint density at radius 1 is 0.973 bits per heavy atom. The van der Waals surface area contributed by atoms with E-state index in [1.54, 1.807) is 33.3 Å². The topological polar surface area (TPSA) is 75.6 Å². The number of nitrogens with zero attached hydrogens (tertiary/aromatic N) is 1. The average molecular weight is 568 g/mol. The van der Waals surface area contributed by atoms with Crippen LogP contribution in [0, 0.1) is 0 Å². The number of methoxy groups -OCH3 is 3. The van der Waals surface area contributed by atoms with Crippen molar-refractivity contribution in [3.05, 3.63) is 80.8 Å². The molecule has 3 aromatic rings. The number of carbonyl (C=O) groups excluding carboxylic acids is 1. The number of aliphatic imine (C=N–C) groups is 1. The molecule has 8 heteroatoms. The predicted molar refractivity (Wildman–Crippen MR) is 146 cm³/mol. The number of hydrogen-bond donors (Lipinski definition) is 0. The summed E-state index contributed by atoms with van der Waals surface area (Å²) in [6, 6.07) is 15.5. The summed E-state index contributed by atoms with van der Waals surface area (Å²) in [6.07, 6.45) is 1.21. The van der Waals surface area contributed by atoms with Gasteiger partial charge in [-0.2, -0.15) is 0 Å². The van der Waals surface area contributed by atoms with Gasteiger partial charge in [-0.25, -0.2) is 4.79 Å². The molecular weight excluding hydrogens is 538 g/mol. The highest BCUT2D eigenvalue weighted by molar-refractivity contribution is 9.10. The van der Waals surface area contributed by atoms with E-state index in [0.717, 1.165) is 38.9 Å². The Bertz CT molecular complexity index is 1310. The van der Waals surface area contributed by atoms with Gasteiger partial charge in [-0.05, 0) is 48.2 Å². The van der Waals surface area contributed by atoms with Crippen LogP contribution in [-0.2, 0) is 24.2 Å². The normalized spacial score (nSPS) is 12.3. The van der Waals surface area contributed by atoms with E-state index < -0.39 is 5.97 Å². The lowest BCUT2D eigenvalue weighted by Crippen LogP contribution is -2.19. The van der Waals surface area contributed by atoms with Crippen LogP contribution in [0.15, 0.2) is 58.0 Å². The number of rotatable bonds is 10. The first-order valence-electron chi connectivity index (χ1n) is 12.0. The van der Waals surface area contributed by atoms with Gasteiger partial charge in [-0.3, -0.25) is 4.99 Å². The molecule has 1 aliphatic rings. The maximum atomic E-state index is 12.6. The van der Waals surface area contributed by atoms with Gasteiger partial charge in [0.2, 0.25) is 5.75 Å². The Balaban J connectivity index is 1.77. The molecule has 0 saturated carbocycles. The summed E-state index contributed by atoms with van der Waals surface area (Å²) < 4.78 is 29.3. The maximum Gasteiger partial charge on any atom is 0.341 e. The molecule has 1 heterocycles. The van der Waals surface area contributed by atoms with Crippen LogP contribution in [0.25, 0.3) is 0 Å². The van der Waals surface area contributed by atoms with Crippen molar-refractivity contribution in [3.8, 4) is 23.0 Å². The molecule has 0 radical (unpaired) electrons. The molecule has 0 unspecified atom stereocenters. The molecule has 1 aliphatic heterocycles. The molecule has 0 bridgehead atoms. The molecule has 0 amide bonds. The van der Waals surface area contributed by atoms with E-state index in [0.29, 0.717) is 48.1 Å². The van der Waals surface area contributed by atoms with Crippen molar-refractivity contribution in [3.63, 3.8) is 0 Å². The molecule has 7 nitrogen and oxygen atoms in total. The zero-order valence-corrected chi connectivity index (χ0v) is 23.0. The van der Waals surface area contributed by atoms with E-state index in [1.807, 2.05) is 36.4 Å². The van der Waals surface area contributed by atoms with Crippen molar-refractivity contribution in [1.29, 1.82) is 0 Å². The summed E-state index contributed by atoms with van der Waals surface area (Å²) in [5.41, 5.74) is 5.07. The molecule has 0 aliphatic carbocycles. The fourth-order valence-electron chi connectivity index (χ4n) is 4.38. The number of halogens is 1. The van der Waals surface area contributed by atoms with Gasteiger partial charge in [0.1, 0.15) is 17.9 Å². The summed E-state index contributed by atoms with van der Waals surface area (Å²) in [6.45, 7) is 3.05. The fourth-order valence-corrected chi connectivity index (χ4v) is 4.84. The summed E-state index contributed by atoms with van der Waals surface area (Å²) in [4.78, 5) is 17.5. The SMILES string of the molecule is CCOC(=O)c1cc(CC2=NCCc3cc(OC)c(OC)c(OCc4ccccc4)c32)c(Br)cc1OC. The van der Waals surface area contributed by atoms with Crippen LogP contribution in [0.2, 0.25) is 0 Å². The minimum absolute atomic E-state index is 0.275. The lowest BCUT2D eigenvalue weighted by atomic mass is 9.91. The lowest BCUT2D eigenvalue weighted by Gasteiger charge is -2.25. The van der Waals surface area contributed by atoms with Gasteiger partial charge >= 0.3 is 5.97 Å². The minimum Gasteiger partial charge on any atom is -0.496 e. The van der Waals surface area contributed by atoms with Crippen LogP contribution in [0.5, 0.6) is 23.0 Å². The van der Waals surface area contributed by atoms with Crippen molar-refractivity contribution in [1.82, 2.24) is 0 Å². The van der Waals surface area contributed by atoms with Crippen LogP contribution in [0.4, 0.5) is 0 Å². The molecule has 0 atom stereocenters. The van der Waals surface area contributed by atoms with Gasteiger partial charge in [0.15, 0.2) is 11.5 Å². The summed E-state index contributed by atoms with van der Waals surface area (Å²) >= 11 is 3.64. The smallest absolute Gasteiger partial charge is 0.341 e. The molecule has 0 aromatic heterocycles. The van der Waals surface area contributed by atoms with Crippen LogP contribution in [-0.4, -0.2) is 46.2 Å². The fraction of sp³-hybridized carbons (Fsp3) is 0.310. The zero-order chi connectivity index (χ0) is 26.4. The molecule has 3 aromatic carbocycles. The van der Waals surface area contributed by atoms with Crippen LogP contribution >= 0.6 is 15.9 Å². The summed E-state index contributed by atoms with van der Waals surface area (Å²) in [5, 5.41) is 0. The summed E-state index contributed by atoms with van der Waals surface area (Å²) in [5.74, 6) is 1.73. The third kappa shape index (κ3) is 5.74. The van der Waals surface area contributed by atoms with Crippen molar-refractivity contribution in [2.45, 2.75) is 26.4 Å². The van der Waals surface area contributed by atoms with Crippen molar-refractivity contribution in [2.24, 2.45) is 4.99 Å². The van der Waals surface area contributed by atoms with Gasteiger partial charge < -0.3 is 23.7 Å². The Morgan fingerprint density at radius 2 is 1.73 bits per heavy atom. The molecule has 0 saturated heterocycles. The number of carbonyl (C=O) groups is 1. The van der Waals surface area contributed by atoms with Gasteiger partial charge in [0.25, 0.3) is 0 Å². The first-order chi connectivity index (χ1) is 18.0. The number of esters is 1. The zero-order valence-electron chi connectivity index (χ0n) is 21.4. The third-order valence-electron chi connectivity index (χ3n) is 6.13. The molecule has 194 valence electrons. The Hall–Kier alpha value is -3.52. The van der Waals surface area contributed by atoms with E-state index in [-0.39, 0.29) is 6.61 Å². The largest absolute Gasteiger partial charge is 0.496 e. The second-order valence-corrected chi connectivity index (χ2v) is 9.22. The van der Waals surface area contributed by atoms with Crippen molar-refractivity contribution < 1.29 is 28.5 Å². The number of ether oxygens (including phenoxy) is 5. The van der Waals surface area contributed by atoms with Crippen LogP contribution < -0.4 is 18.9 Å². The standard InChI is InChI=1S/C29H30BrNO6/c1-5-36-29(32)21-13-20(22(30)16-24(21)33-2)14-23-26-19(11-12-31-23)15-25(34-3)27(35-4)28(26)37-17-18-9-7-6-8-10-18/h6-10,13,15-16H,5,11-12,14,17H2,1-4H3. The number of hydrogen-bond acceptors (Lipinski definition) is 7. The lowest BCUT2D eigenvalue weighted by molar-refractivity contribution is 0.0522. The van der Waals surface area contributed by atoms with E-state index in [4.69, 9.17) is 28.7 Å².